The second-order valence-electron chi connectivity index (χ2n) is 18.4. The summed E-state index contributed by atoms with van der Waals surface area (Å²) >= 11 is 4.04. The molecule has 0 saturated heterocycles. The smallest absolute Gasteiger partial charge is 0.329 e. The number of esters is 1. The molecule has 0 aliphatic rings. The predicted octanol–water partition coefficient (Wildman–Crippen LogP) is -1.36. The van der Waals surface area contributed by atoms with E-state index in [0.717, 1.165) is 0 Å². The molecule has 4 rings (SSSR count). The zero-order chi connectivity index (χ0) is 54.5. The maximum Gasteiger partial charge on any atom is 0.329 e. The first kappa shape index (κ1) is 58.8. The predicted molar refractivity (Wildman–Crippen MR) is 272 cm³/mol. The average molecular weight is 1050 g/mol. The lowest BCUT2D eigenvalue weighted by Gasteiger charge is -2.29. The van der Waals surface area contributed by atoms with Gasteiger partial charge in [0.05, 0.1) is 18.7 Å². The standard InChI is InChI=1S/C49H67N13O11S/c1-26(2)16-35(45(68)61-38(20-31-22-54-25-56-31)49(72)73-39(23-74)42(52)65)58-46(69)36(18-28-8-6-5-7-9-28)60-48(71)41(27(3)4)62-47(70)37(19-30-21-53-24-55-30)59-44(67)34(14-15-40(51)64)57-43(66)33(50)17-29-10-12-32(63)13-11-29/h5-13,21-22,24-27,33-39,41,63,74H,14-20,23,50H2,1-4H3,(H2,51,64)(H2,52,65)(H,53,55)(H,54,56)(H,57,66)(H,58,69)(H,59,67)(H,60,71)(H,61,68)(H,62,70)/t33-,34-,35-,36-,37-,38-,39?,41-/m0/s1. The van der Waals surface area contributed by atoms with Crippen LogP contribution in [0.4, 0.5) is 0 Å². The largest absolute Gasteiger partial charge is 0.508 e. The Morgan fingerprint density at radius 3 is 1.66 bits per heavy atom. The van der Waals surface area contributed by atoms with Crippen LogP contribution in [0.3, 0.4) is 0 Å². The number of imidazole rings is 2. The van der Waals surface area contributed by atoms with E-state index in [1.807, 2.05) is 13.8 Å². The molecule has 0 bridgehead atoms. The number of hydrogen-bond donors (Lipinski definition) is 13. The number of thiol groups is 1. The van der Waals surface area contributed by atoms with Crippen LogP contribution in [0.2, 0.25) is 0 Å². The topological polar surface area (TPSA) is 391 Å². The van der Waals surface area contributed by atoms with E-state index in [9.17, 15) is 48.3 Å². The molecule has 0 radical (unpaired) electrons. The first-order valence-electron chi connectivity index (χ1n) is 23.9. The van der Waals surface area contributed by atoms with Gasteiger partial charge in [-0.15, -0.1) is 0 Å². The molecule has 74 heavy (non-hydrogen) atoms. The van der Waals surface area contributed by atoms with E-state index in [1.54, 1.807) is 56.3 Å². The van der Waals surface area contributed by atoms with Crippen molar-refractivity contribution >= 4 is 65.9 Å². The SMILES string of the molecule is CC(C)C[C@H](NC(=O)[C@H](Cc1ccccc1)NC(=O)[C@@H](NC(=O)[C@H](Cc1cnc[nH]1)NC(=O)[C@H](CCC(N)=O)NC(=O)[C@@H](N)Cc1ccc(O)cc1)C(C)C)C(=O)N[C@@H](Cc1cnc[nH]1)C(=O)OC(CS)C(N)=O. The van der Waals surface area contributed by atoms with Gasteiger partial charge < -0.3 is 68.9 Å². The van der Waals surface area contributed by atoms with E-state index < -0.39 is 108 Å². The molecular weight excluding hydrogens is 979 g/mol. The van der Waals surface area contributed by atoms with E-state index >= 15 is 0 Å². The van der Waals surface area contributed by atoms with E-state index in [0.29, 0.717) is 22.5 Å². The molecule has 1 unspecified atom stereocenters. The summed E-state index contributed by atoms with van der Waals surface area (Å²) < 4.78 is 5.29. The van der Waals surface area contributed by atoms with E-state index in [1.165, 1.54) is 37.2 Å². The first-order chi connectivity index (χ1) is 35.1. The van der Waals surface area contributed by atoms with E-state index in [-0.39, 0.29) is 62.4 Å². The highest BCUT2D eigenvalue weighted by molar-refractivity contribution is 7.80. The number of aromatic nitrogens is 4. The summed E-state index contributed by atoms with van der Waals surface area (Å²) in [5.74, 6) is -8.58. The van der Waals surface area contributed by atoms with Gasteiger partial charge in [0.15, 0.2) is 6.10 Å². The molecule has 2 aromatic carbocycles. The lowest BCUT2D eigenvalue weighted by molar-refractivity contribution is -0.156. The number of nitrogens with two attached hydrogens (primary N) is 3. The minimum absolute atomic E-state index is 0.0123. The summed E-state index contributed by atoms with van der Waals surface area (Å²) in [5.41, 5.74) is 19.0. The van der Waals surface area contributed by atoms with Crippen molar-refractivity contribution in [2.75, 3.05) is 5.75 Å². The van der Waals surface area contributed by atoms with Crippen LogP contribution in [0.5, 0.6) is 5.75 Å². The molecule has 8 amide bonds. The quantitative estimate of drug-likeness (QED) is 0.0212. The monoisotopic (exact) mass is 1050 g/mol. The van der Waals surface area contributed by atoms with Gasteiger partial charge in [0, 0.05) is 55.2 Å². The van der Waals surface area contributed by atoms with Gasteiger partial charge in [0.1, 0.15) is 42.0 Å². The van der Waals surface area contributed by atoms with Crippen molar-refractivity contribution in [3.05, 3.63) is 102 Å². The molecule has 24 nitrogen and oxygen atoms in total. The van der Waals surface area contributed by atoms with Gasteiger partial charge in [-0.1, -0.05) is 70.2 Å². The maximum atomic E-state index is 14.4. The highest BCUT2D eigenvalue weighted by atomic mass is 32.1. The Hall–Kier alpha value is -7.80. The number of primary amides is 2. The molecule has 2 heterocycles. The summed E-state index contributed by atoms with van der Waals surface area (Å²) in [6, 6.07) is 5.39. The first-order valence-corrected chi connectivity index (χ1v) is 24.5. The van der Waals surface area contributed by atoms with Crippen molar-refractivity contribution in [2.24, 2.45) is 29.0 Å². The Morgan fingerprint density at radius 1 is 0.622 bits per heavy atom. The molecule has 400 valence electrons. The minimum Gasteiger partial charge on any atom is -0.508 e. The molecule has 0 saturated carbocycles. The van der Waals surface area contributed by atoms with Gasteiger partial charge in [-0.25, -0.2) is 14.8 Å². The van der Waals surface area contributed by atoms with Crippen LogP contribution in [0, 0.1) is 11.8 Å². The highest BCUT2D eigenvalue weighted by Gasteiger charge is 2.36. The Balaban J connectivity index is 1.57. The number of aromatic hydroxyl groups is 1. The number of H-pyrrole nitrogens is 2. The fourth-order valence-electron chi connectivity index (χ4n) is 7.48. The normalized spacial score (nSPS) is 14.4. The third-order valence-electron chi connectivity index (χ3n) is 11.5. The number of phenolic OH excluding ortho intramolecular Hbond substituents is 1. The molecule has 2 aromatic heterocycles. The number of phenols is 1. The number of benzene rings is 2. The van der Waals surface area contributed by atoms with Crippen molar-refractivity contribution in [1.29, 1.82) is 0 Å². The second-order valence-corrected chi connectivity index (χ2v) is 18.8. The Bertz CT molecular complexity index is 2490. The molecular formula is C49H67N13O11S. The lowest BCUT2D eigenvalue weighted by atomic mass is 9.98. The van der Waals surface area contributed by atoms with Gasteiger partial charge >= 0.3 is 5.97 Å². The summed E-state index contributed by atoms with van der Waals surface area (Å²) in [7, 11) is 0. The van der Waals surface area contributed by atoms with Crippen LogP contribution in [0.1, 0.15) is 69.5 Å². The van der Waals surface area contributed by atoms with Crippen molar-refractivity contribution < 1.29 is 53.0 Å². The minimum atomic E-state index is -1.41. The van der Waals surface area contributed by atoms with Crippen molar-refractivity contribution in [1.82, 2.24) is 51.8 Å². The number of aromatic amines is 2. The number of carbonyl (C=O) groups is 9. The number of rotatable bonds is 30. The molecule has 0 aliphatic carbocycles. The van der Waals surface area contributed by atoms with Gasteiger partial charge in [0.25, 0.3) is 5.91 Å². The zero-order valence-electron chi connectivity index (χ0n) is 41.5. The average Bonchev–Trinajstić information content (AvgIpc) is 4.08. The molecule has 8 atom stereocenters. The van der Waals surface area contributed by atoms with Gasteiger partial charge in [-0.05, 0) is 54.4 Å². The summed E-state index contributed by atoms with van der Waals surface area (Å²) in [6.45, 7) is 6.90. The van der Waals surface area contributed by atoms with Crippen LogP contribution >= 0.6 is 12.6 Å². The Labute approximate surface area is 433 Å². The van der Waals surface area contributed by atoms with Crippen LogP contribution < -0.4 is 49.1 Å². The number of hydrogen-bond acceptors (Lipinski definition) is 15. The second kappa shape index (κ2) is 29.0. The summed E-state index contributed by atoms with van der Waals surface area (Å²) in [4.78, 5) is 135. The summed E-state index contributed by atoms with van der Waals surface area (Å²) in [6.07, 6.45) is 3.29. The van der Waals surface area contributed by atoms with Crippen molar-refractivity contribution in [3.8, 4) is 5.75 Å². The Morgan fingerprint density at radius 2 is 1.12 bits per heavy atom. The van der Waals surface area contributed by atoms with Gasteiger partial charge in [0.2, 0.25) is 41.4 Å². The van der Waals surface area contributed by atoms with Crippen molar-refractivity contribution in [2.45, 2.75) is 121 Å². The van der Waals surface area contributed by atoms with E-state index in [4.69, 9.17) is 21.9 Å². The molecule has 4 aromatic rings. The van der Waals surface area contributed by atoms with Crippen LogP contribution in [0.15, 0.2) is 79.6 Å². The fourth-order valence-corrected chi connectivity index (χ4v) is 7.74. The number of nitrogens with one attached hydrogen (secondary N) is 8. The fraction of sp³-hybridized carbons (Fsp3) is 0.449. The number of ether oxygens (including phenoxy) is 1. The zero-order valence-corrected chi connectivity index (χ0v) is 42.4. The van der Waals surface area contributed by atoms with E-state index in [2.05, 4.69) is 64.5 Å². The van der Waals surface area contributed by atoms with Gasteiger partial charge in [-0.2, -0.15) is 12.6 Å². The van der Waals surface area contributed by atoms with Crippen LogP contribution in [0.25, 0.3) is 0 Å². The van der Waals surface area contributed by atoms with Crippen LogP contribution in [-0.2, 0) is 73.6 Å². The van der Waals surface area contributed by atoms with Crippen molar-refractivity contribution in [3.63, 3.8) is 0 Å². The van der Waals surface area contributed by atoms with Crippen LogP contribution in [-0.4, -0.2) is 132 Å². The lowest BCUT2D eigenvalue weighted by Crippen LogP contribution is -2.61. The molecule has 0 aliphatic heterocycles. The Kier molecular flexibility index (Phi) is 23.1. The maximum absolute atomic E-state index is 14.4. The van der Waals surface area contributed by atoms with Gasteiger partial charge in [-0.3, -0.25) is 38.4 Å². The number of carbonyl (C=O) groups excluding carboxylic acids is 9. The third-order valence-corrected chi connectivity index (χ3v) is 11.8. The highest BCUT2D eigenvalue weighted by Crippen LogP contribution is 2.14. The number of nitrogens with zero attached hydrogens (tertiary/aromatic N) is 2. The third kappa shape index (κ3) is 19.3. The summed E-state index contributed by atoms with van der Waals surface area (Å²) in [5, 5.41) is 25.6. The molecule has 0 spiro atoms. The molecule has 0 fully saturated rings. The molecule has 25 heteroatoms. The number of amides is 8. The molecule has 15 N–H and O–H groups in total.